The van der Waals surface area contributed by atoms with Crippen molar-refractivity contribution in [3.63, 3.8) is 0 Å². The Morgan fingerprint density at radius 3 is 0.667 bits per heavy atom. The van der Waals surface area contributed by atoms with Crippen LogP contribution in [-0.4, -0.2) is 0 Å². The summed E-state index contributed by atoms with van der Waals surface area (Å²) in [5.41, 5.74) is 0. The molecule has 0 N–H and O–H groups in total. The molecule has 4 heteroatoms. The van der Waals surface area contributed by atoms with Gasteiger partial charge in [0.05, 0.1) is 0 Å². The van der Waals surface area contributed by atoms with Crippen molar-refractivity contribution in [3.05, 3.63) is 14.9 Å². The van der Waals surface area contributed by atoms with E-state index in [9.17, 15) is 0 Å². The maximum absolute atomic E-state index is 8.26. The standard InChI is InChI=1S/2CH3.2Mo.2O/h2*1H3;;;;/q2*-1;;;;. The van der Waals surface area contributed by atoms with E-state index in [0.717, 1.165) is 0 Å². The second-order valence-corrected chi connectivity index (χ2v) is 0. The van der Waals surface area contributed by atoms with Gasteiger partial charge in [-0.15, -0.1) is 0 Å². The van der Waals surface area contributed by atoms with Gasteiger partial charge in [0.15, 0.2) is 0 Å². The zero-order valence-corrected chi connectivity index (χ0v) is 7.65. The van der Waals surface area contributed by atoms with Crippen LogP contribution in [0.25, 0.3) is 0 Å². The molecule has 0 atom stereocenters. The Morgan fingerprint density at radius 1 is 0.667 bits per heavy atom. The van der Waals surface area contributed by atoms with Crippen LogP contribution in [0.2, 0.25) is 0 Å². The van der Waals surface area contributed by atoms with E-state index in [-0.39, 0.29) is 14.9 Å². The molecule has 0 saturated heterocycles. The van der Waals surface area contributed by atoms with Crippen molar-refractivity contribution in [3.8, 4) is 0 Å². The van der Waals surface area contributed by atoms with Gasteiger partial charge in [-0.05, 0) is 0 Å². The Kier molecular flexibility index (Phi) is 727. The van der Waals surface area contributed by atoms with Crippen molar-refractivity contribution >= 4 is 0 Å². The van der Waals surface area contributed by atoms with Crippen LogP contribution in [0.4, 0.5) is 0 Å². The van der Waals surface area contributed by atoms with Gasteiger partial charge in [-0.1, -0.05) is 0 Å². The van der Waals surface area contributed by atoms with Crippen LogP contribution in [0.5, 0.6) is 0 Å². The normalized spacial score (nSPS) is 1.33. The first-order valence-electron chi connectivity index (χ1n) is 0.333. The van der Waals surface area contributed by atoms with E-state index >= 15 is 0 Å². The number of rotatable bonds is 0. The summed E-state index contributed by atoms with van der Waals surface area (Å²) in [7, 11) is 0. The number of hydrogen-bond donors (Lipinski definition) is 0. The second kappa shape index (κ2) is 155. The van der Waals surface area contributed by atoms with Crippen LogP contribution in [0.3, 0.4) is 0 Å². The molecular formula is C2H6Mo2O2-2. The van der Waals surface area contributed by atoms with E-state index < -0.39 is 0 Å². The molecule has 0 aromatic heterocycles. The Morgan fingerprint density at radius 2 is 0.667 bits per heavy atom. The molecule has 2 nitrogen and oxygen atoms in total. The molecule has 0 radical (unpaired) electrons. The molecule has 0 rings (SSSR count). The van der Waals surface area contributed by atoms with Crippen LogP contribution in [-0.2, 0) is 46.3 Å². The average Bonchev–Trinajstić information content (AvgIpc) is 1.50. The Balaban J connectivity index is -0.00000000500. The van der Waals surface area contributed by atoms with Crippen molar-refractivity contribution in [2.75, 3.05) is 0 Å². The summed E-state index contributed by atoms with van der Waals surface area (Å²) in [6.07, 6.45) is 0. The van der Waals surface area contributed by atoms with Crippen molar-refractivity contribution in [1.82, 2.24) is 0 Å². The van der Waals surface area contributed by atoms with E-state index in [4.69, 9.17) is 6.80 Å². The van der Waals surface area contributed by atoms with Gasteiger partial charge in [-0.3, -0.25) is 0 Å². The van der Waals surface area contributed by atoms with Crippen molar-refractivity contribution in [1.29, 1.82) is 0 Å². The summed E-state index contributed by atoms with van der Waals surface area (Å²) in [5.74, 6) is 0. The van der Waals surface area contributed by atoms with Gasteiger partial charge in [-0.25, -0.2) is 0 Å². The zero-order chi connectivity index (χ0) is 4.00. The minimum atomic E-state index is 0. The van der Waals surface area contributed by atoms with Gasteiger partial charge in [0.25, 0.3) is 0 Å². The molecular weight excluding hydrogens is 248 g/mol. The molecule has 0 aliphatic carbocycles. The summed E-state index contributed by atoms with van der Waals surface area (Å²) in [5, 5.41) is 0. The van der Waals surface area contributed by atoms with Gasteiger partial charge in [0.1, 0.15) is 0 Å². The van der Waals surface area contributed by atoms with Gasteiger partial charge in [-0.2, -0.15) is 0 Å². The Hall–Kier alpha value is 0.977. The third kappa shape index (κ3) is 82.5. The molecule has 0 saturated carbocycles. The summed E-state index contributed by atoms with van der Waals surface area (Å²) < 4.78 is 16.5. The minimum absolute atomic E-state index is 0. The summed E-state index contributed by atoms with van der Waals surface area (Å²) in [4.78, 5) is 0. The molecule has 0 amide bonds. The van der Waals surface area contributed by atoms with Crippen LogP contribution in [0.1, 0.15) is 0 Å². The molecule has 0 fully saturated rings. The van der Waals surface area contributed by atoms with Gasteiger partial charge >= 0.3 is 46.3 Å². The molecule has 40 valence electrons. The SMILES string of the molecule is [CH3-].[CH3-].[O]=[Mo].[O]=[Mo]. The van der Waals surface area contributed by atoms with Gasteiger partial charge in [0, 0.05) is 0 Å². The fraction of sp³-hybridized carbons (Fsp3) is 0. The van der Waals surface area contributed by atoms with Gasteiger partial charge < -0.3 is 14.9 Å². The fourth-order valence-corrected chi connectivity index (χ4v) is 0. The zero-order valence-electron chi connectivity index (χ0n) is 3.63. The van der Waals surface area contributed by atoms with Crippen molar-refractivity contribution < 1.29 is 46.3 Å². The molecule has 6 heavy (non-hydrogen) atoms. The van der Waals surface area contributed by atoms with E-state index in [2.05, 4.69) is 0 Å². The second-order valence-electron chi connectivity index (χ2n) is 0. The van der Waals surface area contributed by atoms with Crippen LogP contribution in [0.15, 0.2) is 0 Å². The summed E-state index contributed by atoms with van der Waals surface area (Å²) in [6.45, 7) is 0. The topological polar surface area (TPSA) is 34.1 Å². The number of hydrogen-bond acceptors (Lipinski definition) is 2. The first-order valence-corrected chi connectivity index (χ1v) is 1.97. The summed E-state index contributed by atoms with van der Waals surface area (Å²) >= 11 is 1.40. The average molecular weight is 254 g/mol. The third-order valence-corrected chi connectivity index (χ3v) is 0. The van der Waals surface area contributed by atoms with Crippen LogP contribution >= 0.6 is 0 Å². The quantitative estimate of drug-likeness (QED) is 0.470. The molecule has 0 aliphatic rings. The van der Waals surface area contributed by atoms with Crippen LogP contribution < -0.4 is 0 Å². The monoisotopic (exact) mass is 258 g/mol. The molecule has 0 heterocycles. The van der Waals surface area contributed by atoms with E-state index in [1.165, 1.54) is 0 Å². The van der Waals surface area contributed by atoms with Gasteiger partial charge in [0.2, 0.25) is 0 Å². The first-order chi connectivity index (χ1) is 2.00. The van der Waals surface area contributed by atoms with E-state index in [0.29, 0.717) is 39.6 Å². The molecule has 0 aromatic rings. The maximum atomic E-state index is 8.26. The third-order valence-electron chi connectivity index (χ3n) is 0. The predicted molar refractivity (Wildman–Crippen MR) is 14.2 cm³/mol. The Labute approximate surface area is 61.1 Å². The molecule has 0 unspecified atom stereocenters. The molecule has 0 spiro atoms. The molecule has 0 aliphatic heterocycles. The predicted octanol–water partition coefficient (Wildman–Crippen LogP) is 0.658. The van der Waals surface area contributed by atoms with Crippen molar-refractivity contribution in [2.45, 2.75) is 0 Å². The fourth-order valence-electron chi connectivity index (χ4n) is 0. The molecule has 0 bridgehead atoms. The Bertz CT molecular complexity index is 11.5. The van der Waals surface area contributed by atoms with E-state index in [1.54, 1.807) is 0 Å². The van der Waals surface area contributed by atoms with E-state index in [1.807, 2.05) is 0 Å². The first kappa shape index (κ1) is 28.1. The van der Waals surface area contributed by atoms with Crippen LogP contribution in [0, 0.1) is 14.9 Å². The molecule has 0 aromatic carbocycles. The van der Waals surface area contributed by atoms with Crippen molar-refractivity contribution in [2.24, 2.45) is 0 Å². The summed E-state index contributed by atoms with van der Waals surface area (Å²) in [6, 6.07) is 0.